The zero-order chi connectivity index (χ0) is 18.8. The van der Waals surface area contributed by atoms with Crippen LogP contribution in [-0.2, 0) is 13.0 Å². The highest BCUT2D eigenvalue weighted by Gasteiger charge is 2.24. The summed E-state index contributed by atoms with van der Waals surface area (Å²) in [5.41, 5.74) is 1.20. The van der Waals surface area contributed by atoms with E-state index in [0.717, 1.165) is 52.9 Å². The first-order chi connectivity index (χ1) is 13.1. The summed E-state index contributed by atoms with van der Waals surface area (Å²) in [4.78, 5) is 6.78. The van der Waals surface area contributed by atoms with E-state index >= 15 is 0 Å². The van der Waals surface area contributed by atoms with Gasteiger partial charge >= 0.3 is 0 Å². The SMILES string of the molecule is Cc1nc(C)n(CC2CCCN(c3nnc(Cc4ccc(Cl)cc4)s3)C2)n1. The molecule has 1 atom stereocenters. The Morgan fingerprint density at radius 3 is 2.74 bits per heavy atom. The summed E-state index contributed by atoms with van der Waals surface area (Å²) in [5, 5.41) is 16.2. The molecule has 0 saturated carbocycles. The van der Waals surface area contributed by atoms with Gasteiger partial charge in [0.1, 0.15) is 16.7 Å². The molecule has 1 unspecified atom stereocenters. The van der Waals surface area contributed by atoms with Crippen molar-refractivity contribution in [2.45, 2.75) is 39.7 Å². The molecule has 3 aromatic rings. The third-order valence-corrected chi connectivity index (χ3v) is 6.14. The third-order valence-electron chi connectivity index (χ3n) is 4.91. The van der Waals surface area contributed by atoms with Gasteiger partial charge in [-0.3, -0.25) is 0 Å². The summed E-state index contributed by atoms with van der Waals surface area (Å²) in [6.07, 6.45) is 3.18. The lowest BCUT2D eigenvalue weighted by molar-refractivity contribution is 0.347. The van der Waals surface area contributed by atoms with E-state index < -0.39 is 0 Å². The predicted octanol–water partition coefficient (Wildman–Crippen LogP) is 3.91. The highest BCUT2D eigenvalue weighted by molar-refractivity contribution is 7.15. The van der Waals surface area contributed by atoms with Crippen LogP contribution in [0.1, 0.15) is 35.1 Å². The first kappa shape index (κ1) is 18.4. The van der Waals surface area contributed by atoms with Crippen LogP contribution in [0.15, 0.2) is 24.3 Å². The quantitative estimate of drug-likeness (QED) is 0.647. The van der Waals surface area contributed by atoms with E-state index in [1.54, 1.807) is 11.3 Å². The van der Waals surface area contributed by atoms with Crippen LogP contribution in [0, 0.1) is 19.8 Å². The van der Waals surface area contributed by atoms with Gasteiger partial charge in [0.2, 0.25) is 5.13 Å². The molecule has 27 heavy (non-hydrogen) atoms. The van der Waals surface area contributed by atoms with Crippen LogP contribution < -0.4 is 4.90 Å². The highest BCUT2D eigenvalue weighted by atomic mass is 35.5. The van der Waals surface area contributed by atoms with Crippen molar-refractivity contribution in [2.24, 2.45) is 5.92 Å². The van der Waals surface area contributed by atoms with Gasteiger partial charge in [-0.25, -0.2) is 9.67 Å². The molecule has 4 rings (SSSR count). The molecule has 142 valence electrons. The van der Waals surface area contributed by atoms with Crippen molar-refractivity contribution < 1.29 is 0 Å². The number of rotatable bonds is 5. The van der Waals surface area contributed by atoms with Gasteiger partial charge in [0.15, 0.2) is 0 Å². The number of piperidine rings is 1. The van der Waals surface area contributed by atoms with Crippen LogP contribution in [0.25, 0.3) is 0 Å². The summed E-state index contributed by atoms with van der Waals surface area (Å²) >= 11 is 7.65. The van der Waals surface area contributed by atoms with E-state index in [1.807, 2.05) is 42.8 Å². The Bertz CT molecular complexity index is 903. The molecule has 3 heterocycles. The zero-order valence-corrected chi connectivity index (χ0v) is 17.2. The molecule has 8 heteroatoms. The number of aromatic nitrogens is 5. The normalized spacial score (nSPS) is 17.4. The molecule has 1 fully saturated rings. The predicted molar refractivity (Wildman–Crippen MR) is 109 cm³/mol. The van der Waals surface area contributed by atoms with Crippen LogP contribution in [0.4, 0.5) is 5.13 Å². The van der Waals surface area contributed by atoms with Crippen LogP contribution in [0.3, 0.4) is 0 Å². The van der Waals surface area contributed by atoms with Gasteiger partial charge in [-0.2, -0.15) is 5.10 Å². The zero-order valence-electron chi connectivity index (χ0n) is 15.6. The minimum absolute atomic E-state index is 0.558. The molecule has 0 bridgehead atoms. The van der Waals surface area contributed by atoms with Gasteiger partial charge in [-0.1, -0.05) is 35.1 Å². The maximum absolute atomic E-state index is 5.96. The number of aryl methyl sites for hydroxylation is 2. The second-order valence-electron chi connectivity index (χ2n) is 7.12. The first-order valence-electron chi connectivity index (χ1n) is 9.26. The number of hydrogen-bond donors (Lipinski definition) is 0. The summed E-state index contributed by atoms with van der Waals surface area (Å²) in [7, 11) is 0. The van der Waals surface area contributed by atoms with Gasteiger partial charge in [0.25, 0.3) is 0 Å². The first-order valence-corrected chi connectivity index (χ1v) is 10.5. The average Bonchev–Trinajstić information content (AvgIpc) is 3.24. The molecule has 2 aromatic heterocycles. The molecule has 0 aliphatic carbocycles. The van der Waals surface area contributed by atoms with Crippen LogP contribution in [-0.4, -0.2) is 38.1 Å². The number of anilines is 1. The molecule has 1 aliphatic rings. The number of halogens is 1. The summed E-state index contributed by atoms with van der Waals surface area (Å²) in [6.45, 7) is 6.92. The van der Waals surface area contributed by atoms with Gasteiger partial charge in [-0.15, -0.1) is 10.2 Å². The second-order valence-corrected chi connectivity index (χ2v) is 8.60. The standard InChI is InChI=1S/C19H23ClN6S/c1-13-21-14(2)26(24-13)12-16-4-3-9-25(11-16)19-23-22-18(27-19)10-15-5-7-17(20)8-6-15/h5-8,16H,3-4,9-12H2,1-2H3. The van der Waals surface area contributed by atoms with E-state index in [0.29, 0.717) is 5.92 Å². The third kappa shape index (κ3) is 4.47. The van der Waals surface area contributed by atoms with Crippen molar-refractivity contribution in [3.63, 3.8) is 0 Å². The van der Waals surface area contributed by atoms with Crippen molar-refractivity contribution in [1.82, 2.24) is 25.0 Å². The monoisotopic (exact) mass is 402 g/mol. The maximum Gasteiger partial charge on any atom is 0.208 e. The van der Waals surface area contributed by atoms with Gasteiger partial charge in [-0.05, 0) is 50.3 Å². The Kier molecular flexibility index (Phi) is 5.41. The lowest BCUT2D eigenvalue weighted by atomic mass is 9.98. The van der Waals surface area contributed by atoms with E-state index in [9.17, 15) is 0 Å². The summed E-state index contributed by atoms with van der Waals surface area (Å²) in [6, 6.07) is 7.93. The summed E-state index contributed by atoms with van der Waals surface area (Å²) in [5.74, 6) is 2.39. The van der Waals surface area contributed by atoms with Crippen molar-refractivity contribution in [3.8, 4) is 0 Å². The van der Waals surface area contributed by atoms with Crippen LogP contribution in [0.5, 0.6) is 0 Å². The Morgan fingerprint density at radius 2 is 2.00 bits per heavy atom. The molecule has 1 aromatic carbocycles. The Labute approximate surface area is 168 Å². The van der Waals surface area contributed by atoms with Crippen molar-refractivity contribution >= 4 is 28.1 Å². The smallest absolute Gasteiger partial charge is 0.208 e. The largest absolute Gasteiger partial charge is 0.346 e. The number of hydrogen-bond acceptors (Lipinski definition) is 6. The van der Waals surface area contributed by atoms with Crippen molar-refractivity contribution in [2.75, 3.05) is 18.0 Å². The van der Waals surface area contributed by atoms with E-state index in [2.05, 4.69) is 25.2 Å². The molecule has 1 aliphatic heterocycles. The second kappa shape index (κ2) is 7.94. The van der Waals surface area contributed by atoms with Gasteiger partial charge in [0.05, 0.1) is 0 Å². The van der Waals surface area contributed by atoms with Crippen LogP contribution in [0.2, 0.25) is 5.02 Å². The fraction of sp³-hybridized carbons (Fsp3) is 0.474. The van der Waals surface area contributed by atoms with Gasteiger partial charge in [0, 0.05) is 31.1 Å². The molecule has 0 spiro atoms. The van der Waals surface area contributed by atoms with Gasteiger partial charge < -0.3 is 4.90 Å². The minimum Gasteiger partial charge on any atom is -0.346 e. The topological polar surface area (TPSA) is 59.7 Å². The molecular formula is C19H23ClN6S. The van der Waals surface area contributed by atoms with Crippen molar-refractivity contribution in [1.29, 1.82) is 0 Å². The lowest BCUT2D eigenvalue weighted by Gasteiger charge is -2.32. The molecule has 0 N–H and O–H groups in total. The molecule has 1 saturated heterocycles. The Morgan fingerprint density at radius 1 is 1.19 bits per heavy atom. The summed E-state index contributed by atoms with van der Waals surface area (Å²) < 4.78 is 2.04. The maximum atomic E-state index is 5.96. The molecule has 0 radical (unpaired) electrons. The molecule has 6 nitrogen and oxygen atoms in total. The number of benzene rings is 1. The fourth-order valence-electron chi connectivity index (χ4n) is 3.59. The lowest BCUT2D eigenvalue weighted by Crippen LogP contribution is -2.37. The number of nitrogens with zero attached hydrogens (tertiary/aromatic N) is 6. The van der Waals surface area contributed by atoms with Crippen LogP contribution >= 0.6 is 22.9 Å². The highest BCUT2D eigenvalue weighted by Crippen LogP contribution is 2.28. The Hall–Kier alpha value is -1.99. The average molecular weight is 403 g/mol. The molecule has 0 amide bonds. The van der Waals surface area contributed by atoms with Crippen molar-refractivity contribution in [3.05, 3.63) is 51.5 Å². The fourth-order valence-corrected chi connectivity index (χ4v) is 4.62. The minimum atomic E-state index is 0.558. The van der Waals surface area contributed by atoms with E-state index in [1.165, 1.54) is 18.4 Å². The van der Waals surface area contributed by atoms with E-state index in [-0.39, 0.29) is 0 Å². The van der Waals surface area contributed by atoms with E-state index in [4.69, 9.17) is 11.6 Å². The molecular weight excluding hydrogens is 380 g/mol. The Balaban J connectivity index is 1.40.